The van der Waals surface area contributed by atoms with Crippen LogP contribution < -0.4 is 10.6 Å². The lowest BCUT2D eigenvalue weighted by molar-refractivity contribution is 0.0646. The number of rotatable bonds is 9. The first kappa shape index (κ1) is 19.8. The summed E-state index contributed by atoms with van der Waals surface area (Å²) < 4.78 is 5.88. The molecule has 5 heteroatoms. The van der Waals surface area contributed by atoms with Gasteiger partial charge in [0.25, 0.3) is 0 Å². The highest BCUT2D eigenvalue weighted by atomic mass is 16.5. The van der Waals surface area contributed by atoms with Crippen LogP contribution in [0.5, 0.6) is 5.75 Å². The quantitative estimate of drug-likeness (QED) is 0.365. The smallest absolute Gasteiger partial charge is 0.191 e. The normalized spacial score (nSPS) is 12.6. The van der Waals surface area contributed by atoms with Gasteiger partial charge in [0.2, 0.25) is 0 Å². The fourth-order valence-corrected chi connectivity index (χ4v) is 2.53. The van der Waals surface area contributed by atoms with E-state index in [1.54, 1.807) is 12.1 Å². The van der Waals surface area contributed by atoms with Crippen LogP contribution in [-0.4, -0.2) is 30.8 Å². The molecule has 0 fully saturated rings. The summed E-state index contributed by atoms with van der Waals surface area (Å²) in [5, 5.41) is 16.1. The second-order valence-corrected chi connectivity index (χ2v) is 6.07. The summed E-state index contributed by atoms with van der Waals surface area (Å²) in [7, 11) is 0. The van der Waals surface area contributed by atoms with Crippen LogP contribution in [-0.2, 0) is 11.3 Å². The number of ether oxygens (including phenoxy) is 1. The van der Waals surface area contributed by atoms with E-state index in [1.807, 2.05) is 37.3 Å². The second-order valence-electron chi connectivity index (χ2n) is 6.07. The van der Waals surface area contributed by atoms with Crippen molar-refractivity contribution in [2.75, 3.05) is 19.7 Å². The number of hydrogen-bond acceptors (Lipinski definition) is 3. The van der Waals surface area contributed by atoms with Gasteiger partial charge < -0.3 is 20.5 Å². The standard InChI is InChI=1S/C21H29N3O2/c1-3-22-21(24-16-18-9-7-12-20(25)15-18)23-13-8-14-26-17(2)19-10-5-4-6-11-19/h4-7,9-12,15,17,25H,3,8,13-14,16H2,1-2H3,(H2,22,23,24). The number of hydrogen-bond donors (Lipinski definition) is 3. The topological polar surface area (TPSA) is 65.9 Å². The Morgan fingerprint density at radius 2 is 1.92 bits per heavy atom. The molecule has 0 radical (unpaired) electrons. The molecule has 0 heterocycles. The van der Waals surface area contributed by atoms with Crippen molar-refractivity contribution in [3.8, 4) is 5.75 Å². The molecule has 2 aromatic rings. The molecule has 0 bridgehead atoms. The highest BCUT2D eigenvalue weighted by molar-refractivity contribution is 5.79. The minimum absolute atomic E-state index is 0.101. The van der Waals surface area contributed by atoms with Crippen LogP contribution in [0.4, 0.5) is 0 Å². The lowest BCUT2D eigenvalue weighted by atomic mass is 10.1. The first-order chi connectivity index (χ1) is 12.7. The van der Waals surface area contributed by atoms with E-state index in [-0.39, 0.29) is 11.9 Å². The Hall–Kier alpha value is -2.53. The Kier molecular flexibility index (Phi) is 8.49. The van der Waals surface area contributed by atoms with E-state index < -0.39 is 0 Å². The van der Waals surface area contributed by atoms with Crippen LogP contribution >= 0.6 is 0 Å². The zero-order valence-corrected chi connectivity index (χ0v) is 15.6. The molecule has 0 aliphatic heterocycles. The van der Waals surface area contributed by atoms with E-state index in [0.29, 0.717) is 13.2 Å². The van der Waals surface area contributed by atoms with Crippen LogP contribution in [0.2, 0.25) is 0 Å². The summed E-state index contributed by atoms with van der Waals surface area (Å²) in [4.78, 5) is 4.55. The minimum atomic E-state index is 0.101. The van der Waals surface area contributed by atoms with Crippen molar-refractivity contribution in [1.29, 1.82) is 0 Å². The second kappa shape index (κ2) is 11.2. The summed E-state index contributed by atoms with van der Waals surface area (Å²) in [6.45, 7) is 6.90. The Balaban J connectivity index is 1.71. The van der Waals surface area contributed by atoms with Gasteiger partial charge in [0.1, 0.15) is 5.75 Å². The molecule has 0 aliphatic carbocycles. The van der Waals surface area contributed by atoms with Crippen molar-refractivity contribution in [1.82, 2.24) is 10.6 Å². The lowest BCUT2D eigenvalue weighted by Crippen LogP contribution is -2.38. The molecule has 5 nitrogen and oxygen atoms in total. The van der Waals surface area contributed by atoms with Gasteiger partial charge in [-0.15, -0.1) is 0 Å². The number of aromatic hydroxyl groups is 1. The number of guanidine groups is 1. The Morgan fingerprint density at radius 1 is 1.12 bits per heavy atom. The third-order valence-electron chi connectivity index (χ3n) is 3.92. The Labute approximate surface area is 156 Å². The van der Waals surface area contributed by atoms with E-state index in [2.05, 4.69) is 34.7 Å². The first-order valence-corrected chi connectivity index (χ1v) is 9.15. The van der Waals surface area contributed by atoms with Crippen LogP contribution in [0.15, 0.2) is 59.6 Å². The van der Waals surface area contributed by atoms with Crippen molar-refractivity contribution in [3.05, 3.63) is 65.7 Å². The van der Waals surface area contributed by atoms with Gasteiger partial charge >= 0.3 is 0 Å². The predicted molar refractivity (Wildman–Crippen MR) is 106 cm³/mol. The predicted octanol–water partition coefficient (Wildman–Crippen LogP) is 3.62. The van der Waals surface area contributed by atoms with Crippen LogP contribution in [0.1, 0.15) is 37.5 Å². The molecule has 1 atom stereocenters. The van der Waals surface area contributed by atoms with Crippen molar-refractivity contribution >= 4 is 5.96 Å². The average molecular weight is 355 g/mol. The molecule has 0 amide bonds. The van der Waals surface area contributed by atoms with Crippen LogP contribution in [0.3, 0.4) is 0 Å². The summed E-state index contributed by atoms with van der Waals surface area (Å²) in [5.41, 5.74) is 2.17. The van der Waals surface area contributed by atoms with Crippen LogP contribution in [0.25, 0.3) is 0 Å². The summed E-state index contributed by atoms with van der Waals surface area (Å²) >= 11 is 0. The van der Waals surface area contributed by atoms with Gasteiger partial charge in [-0.1, -0.05) is 42.5 Å². The van der Waals surface area contributed by atoms with E-state index in [4.69, 9.17) is 4.74 Å². The van der Waals surface area contributed by atoms with E-state index >= 15 is 0 Å². The molecule has 26 heavy (non-hydrogen) atoms. The van der Waals surface area contributed by atoms with E-state index in [0.717, 1.165) is 31.0 Å². The van der Waals surface area contributed by atoms with Gasteiger partial charge in [0, 0.05) is 19.7 Å². The largest absolute Gasteiger partial charge is 0.508 e. The zero-order chi connectivity index (χ0) is 18.6. The van der Waals surface area contributed by atoms with E-state index in [9.17, 15) is 5.11 Å². The maximum absolute atomic E-state index is 9.52. The average Bonchev–Trinajstić information content (AvgIpc) is 2.66. The fourth-order valence-electron chi connectivity index (χ4n) is 2.53. The highest BCUT2D eigenvalue weighted by Crippen LogP contribution is 2.15. The molecule has 0 aliphatic rings. The molecule has 2 aromatic carbocycles. The highest BCUT2D eigenvalue weighted by Gasteiger charge is 2.04. The Bertz CT molecular complexity index is 674. The lowest BCUT2D eigenvalue weighted by Gasteiger charge is -2.14. The van der Waals surface area contributed by atoms with Crippen LogP contribution in [0, 0.1) is 0 Å². The molecule has 0 saturated heterocycles. The Morgan fingerprint density at radius 3 is 2.65 bits per heavy atom. The third kappa shape index (κ3) is 7.15. The number of aliphatic imine (C=N–C) groups is 1. The SMILES string of the molecule is CCNC(=NCc1cccc(O)c1)NCCCOC(C)c1ccccc1. The molecule has 2 rings (SSSR count). The van der Waals surface area contributed by atoms with E-state index in [1.165, 1.54) is 5.56 Å². The van der Waals surface area contributed by atoms with Crippen molar-refractivity contribution in [2.45, 2.75) is 32.9 Å². The van der Waals surface area contributed by atoms with Gasteiger partial charge in [0.05, 0.1) is 12.6 Å². The molecule has 0 saturated carbocycles. The molecule has 1 unspecified atom stereocenters. The van der Waals surface area contributed by atoms with Crippen molar-refractivity contribution < 1.29 is 9.84 Å². The first-order valence-electron chi connectivity index (χ1n) is 9.15. The maximum Gasteiger partial charge on any atom is 0.191 e. The monoisotopic (exact) mass is 355 g/mol. The van der Waals surface area contributed by atoms with Crippen molar-refractivity contribution in [2.24, 2.45) is 4.99 Å². The zero-order valence-electron chi connectivity index (χ0n) is 15.6. The molecule has 0 spiro atoms. The summed E-state index contributed by atoms with van der Waals surface area (Å²) in [5.74, 6) is 1.03. The molecule has 140 valence electrons. The van der Waals surface area contributed by atoms with Gasteiger partial charge in [0.15, 0.2) is 5.96 Å². The van der Waals surface area contributed by atoms with Gasteiger partial charge in [-0.25, -0.2) is 4.99 Å². The number of phenols is 1. The molecular weight excluding hydrogens is 326 g/mol. The fraction of sp³-hybridized carbons (Fsp3) is 0.381. The number of phenolic OH excluding ortho intramolecular Hbond substituents is 1. The van der Waals surface area contributed by atoms with Gasteiger partial charge in [-0.2, -0.15) is 0 Å². The molecule has 3 N–H and O–H groups in total. The van der Waals surface area contributed by atoms with Crippen molar-refractivity contribution in [3.63, 3.8) is 0 Å². The summed E-state index contributed by atoms with van der Waals surface area (Å²) in [6, 6.07) is 17.4. The molecule has 0 aromatic heterocycles. The van der Waals surface area contributed by atoms with Gasteiger partial charge in [-0.3, -0.25) is 0 Å². The minimum Gasteiger partial charge on any atom is -0.508 e. The van der Waals surface area contributed by atoms with Gasteiger partial charge in [-0.05, 0) is 43.5 Å². The maximum atomic E-state index is 9.52. The summed E-state index contributed by atoms with van der Waals surface area (Å²) in [6.07, 6.45) is 0.997. The number of nitrogens with one attached hydrogen (secondary N) is 2. The third-order valence-corrected chi connectivity index (χ3v) is 3.92. The number of benzene rings is 2. The molecular formula is C21H29N3O2. The number of nitrogens with zero attached hydrogens (tertiary/aromatic N) is 1.